The number of carboxylic acid groups (broad SMARTS) is 1. The molecule has 0 fully saturated rings. The van der Waals surface area contributed by atoms with E-state index in [0.29, 0.717) is 0 Å². The summed E-state index contributed by atoms with van der Waals surface area (Å²) in [6, 6.07) is 0.113. The quantitative estimate of drug-likeness (QED) is 0.699. The average Bonchev–Trinajstić information content (AvgIpc) is 2.77. The number of amides is 1. The molecule has 7 nitrogen and oxygen atoms in total. The molecule has 100 valence electrons. The molecule has 1 amide bonds. The van der Waals surface area contributed by atoms with E-state index in [-0.39, 0.29) is 9.77 Å². The molecule has 0 aliphatic heterocycles. The molecular weight excluding hydrogens is 280 g/mol. The van der Waals surface area contributed by atoms with Crippen LogP contribution in [0, 0.1) is 0 Å². The highest BCUT2D eigenvalue weighted by Gasteiger charge is 2.23. The van der Waals surface area contributed by atoms with Crippen molar-refractivity contribution in [2.75, 3.05) is 7.05 Å². The van der Waals surface area contributed by atoms with E-state index in [9.17, 15) is 18.0 Å². The fourth-order valence-corrected chi connectivity index (χ4v) is 3.50. The number of rotatable bonds is 5. The molecule has 0 saturated heterocycles. The Balaban J connectivity index is 2.92. The Morgan fingerprint density at radius 1 is 1.44 bits per heavy atom. The van der Waals surface area contributed by atoms with Crippen LogP contribution < -0.4 is 10.0 Å². The highest BCUT2D eigenvalue weighted by atomic mass is 32.2. The lowest BCUT2D eigenvalue weighted by Gasteiger charge is -2.11. The summed E-state index contributed by atoms with van der Waals surface area (Å²) in [5.41, 5.74) is -0.104. The summed E-state index contributed by atoms with van der Waals surface area (Å²) in [4.78, 5) is 21.9. The number of sulfonamides is 1. The topological polar surface area (TPSA) is 113 Å². The van der Waals surface area contributed by atoms with Crippen LogP contribution in [0.25, 0.3) is 0 Å². The fourth-order valence-electron chi connectivity index (χ4n) is 1.13. The average molecular weight is 292 g/mol. The first-order chi connectivity index (χ1) is 8.27. The minimum atomic E-state index is -3.88. The molecule has 1 heterocycles. The van der Waals surface area contributed by atoms with Gasteiger partial charge < -0.3 is 10.4 Å². The molecule has 0 aliphatic rings. The van der Waals surface area contributed by atoms with E-state index in [4.69, 9.17) is 5.11 Å². The lowest BCUT2D eigenvalue weighted by molar-refractivity contribution is -0.121. The third-order valence-electron chi connectivity index (χ3n) is 2.06. The summed E-state index contributed by atoms with van der Waals surface area (Å²) in [6.07, 6.45) is 0. The normalized spacial score (nSPS) is 13.0. The molecule has 1 aromatic heterocycles. The van der Waals surface area contributed by atoms with Crippen LogP contribution in [0.5, 0.6) is 0 Å². The fraction of sp³-hybridized carbons (Fsp3) is 0.333. The van der Waals surface area contributed by atoms with Crippen molar-refractivity contribution in [3.8, 4) is 0 Å². The zero-order valence-corrected chi connectivity index (χ0v) is 11.3. The van der Waals surface area contributed by atoms with E-state index in [1.54, 1.807) is 0 Å². The number of carboxylic acids is 1. The Kier molecular flexibility index (Phi) is 4.43. The Morgan fingerprint density at radius 2 is 2.06 bits per heavy atom. The predicted octanol–water partition coefficient (Wildman–Crippen LogP) is -0.141. The third-order valence-corrected chi connectivity index (χ3v) is 5.04. The second-order valence-electron chi connectivity index (χ2n) is 3.42. The molecule has 0 aliphatic carbocycles. The number of aromatic carboxylic acids is 1. The Labute approximate surface area is 108 Å². The van der Waals surface area contributed by atoms with Crippen LogP contribution in [0.3, 0.4) is 0 Å². The maximum absolute atomic E-state index is 11.8. The molecule has 0 aromatic carbocycles. The number of thiophene rings is 1. The summed E-state index contributed by atoms with van der Waals surface area (Å²) < 4.78 is 25.7. The number of hydrogen-bond acceptors (Lipinski definition) is 5. The van der Waals surface area contributed by atoms with Gasteiger partial charge in [-0.2, -0.15) is 4.72 Å². The Bertz CT molecular complexity index is 563. The molecule has 1 unspecified atom stereocenters. The van der Waals surface area contributed by atoms with Gasteiger partial charge in [0.05, 0.1) is 11.6 Å². The zero-order valence-electron chi connectivity index (χ0n) is 9.63. The van der Waals surface area contributed by atoms with Crippen molar-refractivity contribution in [2.45, 2.75) is 17.2 Å². The largest absolute Gasteiger partial charge is 0.478 e. The standard InChI is InChI=1S/C9H12N2O5S2/c1-5(8(12)10-2)11-18(15,16)7-3-6(4-17-7)9(13)14/h3-5,11H,1-2H3,(H,10,12)(H,13,14). The van der Waals surface area contributed by atoms with E-state index in [1.165, 1.54) is 19.4 Å². The van der Waals surface area contributed by atoms with Gasteiger partial charge in [-0.3, -0.25) is 4.79 Å². The van der Waals surface area contributed by atoms with E-state index in [0.717, 1.165) is 17.4 Å². The minimum absolute atomic E-state index is 0.104. The first-order valence-corrected chi connectivity index (χ1v) is 7.20. The van der Waals surface area contributed by atoms with Gasteiger partial charge >= 0.3 is 5.97 Å². The molecule has 1 aromatic rings. The van der Waals surface area contributed by atoms with E-state index in [2.05, 4.69) is 10.0 Å². The number of carbonyl (C=O) groups excluding carboxylic acids is 1. The molecule has 18 heavy (non-hydrogen) atoms. The van der Waals surface area contributed by atoms with Crippen LogP contribution >= 0.6 is 11.3 Å². The van der Waals surface area contributed by atoms with Crippen LogP contribution in [0.15, 0.2) is 15.7 Å². The maximum atomic E-state index is 11.8. The minimum Gasteiger partial charge on any atom is -0.478 e. The first-order valence-electron chi connectivity index (χ1n) is 4.83. The molecule has 1 rings (SSSR count). The number of likely N-dealkylation sites (N-methyl/N-ethyl adjacent to an activating group) is 1. The van der Waals surface area contributed by atoms with Gasteiger partial charge in [0.2, 0.25) is 5.91 Å². The van der Waals surface area contributed by atoms with Crippen LogP contribution in [0.4, 0.5) is 0 Å². The van der Waals surface area contributed by atoms with Gasteiger partial charge in [0.15, 0.2) is 0 Å². The first kappa shape index (κ1) is 14.6. The zero-order chi connectivity index (χ0) is 13.9. The molecule has 9 heteroatoms. The van der Waals surface area contributed by atoms with Gasteiger partial charge in [-0.15, -0.1) is 11.3 Å². The van der Waals surface area contributed by atoms with Crippen LogP contribution in [0.1, 0.15) is 17.3 Å². The molecule has 1 atom stereocenters. The second-order valence-corrected chi connectivity index (χ2v) is 6.27. The molecule has 3 N–H and O–H groups in total. The van der Waals surface area contributed by atoms with Gasteiger partial charge in [-0.1, -0.05) is 0 Å². The van der Waals surface area contributed by atoms with Crippen molar-refractivity contribution in [1.29, 1.82) is 0 Å². The van der Waals surface area contributed by atoms with Gasteiger partial charge in [0.1, 0.15) is 4.21 Å². The summed E-state index contributed by atoms with van der Waals surface area (Å²) >= 11 is 0.783. The SMILES string of the molecule is CNC(=O)C(C)NS(=O)(=O)c1cc(C(=O)O)cs1. The second kappa shape index (κ2) is 5.46. The molecule has 0 saturated carbocycles. The van der Waals surface area contributed by atoms with Gasteiger partial charge in [0, 0.05) is 12.4 Å². The molecule has 0 radical (unpaired) electrons. The van der Waals surface area contributed by atoms with E-state index in [1.807, 2.05) is 0 Å². The van der Waals surface area contributed by atoms with Crippen molar-refractivity contribution in [2.24, 2.45) is 0 Å². The van der Waals surface area contributed by atoms with Crippen molar-refractivity contribution in [3.63, 3.8) is 0 Å². The van der Waals surface area contributed by atoms with Gasteiger partial charge in [0.25, 0.3) is 10.0 Å². The van der Waals surface area contributed by atoms with Gasteiger partial charge in [-0.05, 0) is 13.0 Å². The summed E-state index contributed by atoms with van der Waals surface area (Å²) in [5.74, 6) is -1.68. The number of carbonyl (C=O) groups is 2. The predicted molar refractivity (Wildman–Crippen MR) is 65.1 cm³/mol. The number of hydrogen-bond donors (Lipinski definition) is 3. The summed E-state index contributed by atoms with van der Waals surface area (Å²) in [6.45, 7) is 1.39. The smallest absolute Gasteiger partial charge is 0.336 e. The highest BCUT2D eigenvalue weighted by molar-refractivity contribution is 7.91. The third kappa shape index (κ3) is 3.28. The van der Waals surface area contributed by atoms with Crippen molar-refractivity contribution in [3.05, 3.63) is 17.0 Å². The van der Waals surface area contributed by atoms with Crippen LogP contribution in [-0.4, -0.2) is 38.5 Å². The Morgan fingerprint density at radius 3 is 2.50 bits per heavy atom. The lowest BCUT2D eigenvalue weighted by atomic mass is 10.3. The lowest BCUT2D eigenvalue weighted by Crippen LogP contribution is -2.43. The van der Waals surface area contributed by atoms with Crippen molar-refractivity contribution in [1.82, 2.24) is 10.0 Å². The van der Waals surface area contributed by atoms with E-state index >= 15 is 0 Å². The highest BCUT2D eigenvalue weighted by Crippen LogP contribution is 2.20. The van der Waals surface area contributed by atoms with Crippen molar-refractivity contribution < 1.29 is 23.1 Å². The van der Waals surface area contributed by atoms with Crippen LogP contribution in [0.2, 0.25) is 0 Å². The maximum Gasteiger partial charge on any atom is 0.336 e. The Hall–Kier alpha value is -1.45. The number of nitrogens with one attached hydrogen (secondary N) is 2. The molecular formula is C9H12N2O5S2. The molecule has 0 spiro atoms. The van der Waals surface area contributed by atoms with Gasteiger partial charge in [-0.25, -0.2) is 13.2 Å². The van der Waals surface area contributed by atoms with E-state index < -0.39 is 27.9 Å². The monoisotopic (exact) mass is 292 g/mol. The van der Waals surface area contributed by atoms with Crippen molar-refractivity contribution >= 4 is 33.2 Å². The molecule has 0 bridgehead atoms. The van der Waals surface area contributed by atoms with Crippen LogP contribution in [-0.2, 0) is 14.8 Å². The summed E-state index contributed by atoms with van der Waals surface area (Å²) in [7, 11) is -2.49. The summed E-state index contributed by atoms with van der Waals surface area (Å²) in [5, 5.41) is 12.2.